The molecule has 1 fully saturated rings. The fraction of sp³-hybridized carbons (Fsp3) is 0.400. The SMILES string of the molecule is COCCNC(=O)N1CCCN(c2nc3cc(F)ccc3n3cccc23)CC1. The Morgan fingerprint density at radius 3 is 2.96 bits per heavy atom. The zero-order valence-corrected chi connectivity index (χ0v) is 15.9. The molecule has 2 aromatic heterocycles. The molecule has 0 unspecified atom stereocenters. The summed E-state index contributed by atoms with van der Waals surface area (Å²) in [6.45, 7) is 3.75. The van der Waals surface area contributed by atoms with E-state index in [2.05, 4.69) is 10.2 Å². The van der Waals surface area contributed by atoms with E-state index in [0.29, 0.717) is 38.3 Å². The molecule has 0 radical (unpaired) electrons. The molecular weight excluding hydrogens is 361 g/mol. The number of benzene rings is 1. The van der Waals surface area contributed by atoms with Crippen molar-refractivity contribution in [1.29, 1.82) is 0 Å². The van der Waals surface area contributed by atoms with Crippen LogP contribution >= 0.6 is 0 Å². The Balaban J connectivity index is 1.58. The maximum atomic E-state index is 13.7. The molecule has 0 spiro atoms. The topological polar surface area (TPSA) is 62.1 Å². The van der Waals surface area contributed by atoms with E-state index in [1.165, 1.54) is 12.1 Å². The van der Waals surface area contributed by atoms with Crippen molar-refractivity contribution in [2.75, 3.05) is 51.3 Å². The largest absolute Gasteiger partial charge is 0.383 e. The molecule has 0 bridgehead atoms. The summed E-state index contributed by atoms with van der Waals surface area (Å²) in [6, 6.07) is 8.59. The summed E-state index contributed by atoms with van der Waals surface area (Å²) in [5.74, 6) is 0.525. The van der Waals surface area contributed by atoms with Gasteiger partial charge in [-0.3, -0.25) is 0 Å². The number of ether oxygens (including phenoxy) is 1. The number of anilines is 1. The molecule has 7 nitrogen and oxygen atoms in total. The second kappa shape index (κ2) is 8.02. The minimum absolute atomic E-state index is 0.0692. The Hall–Kier alpha value is -2.87. The van der Waals surface area contributed by atoms with Gasteiger partial charge in [-0.25, -0.2) is 14.2 Å². The van der Waals surface area contributed by atoms with Gasteiger partial charge in [0.05, 0.1) is 23.2 Å². The standard InChI is InChI=1S/C20H24FN5O2/c1-28-13-7-22-20(27)25-9-3-8-24(11-12-25)19-18-4-2-10-26(18)17-6-5-15(21)14-16(17)23-19/h2,4-6,10,14H,3,7-9,11-13H2,1H3,(H,22,27). The first-order valence-corrected chi connectivity index (χ1v) is 9.50. The highest BCUT2D eigenvalue weighted by atomic mass is 19.1. The molecule has 1 N–H and O–H groups in total. The number of carbonyl (C=O) groups excluding carboxylic acids is 1. The molecule has 0 saturated carbocycles. The number of aromatic nitrogens is 2. The van der Waals surface area contributed by atoms with Crippen LogP contribution in [0.25, 0.3) is 16.6 Å². The average Bonchev–Trinajstić information content (AvgIpc) is 3.05. The molecule has 3 heterocycles. The third kappa shape index (κ3) is 3.60. The normalized spacial score (nSPS) is 15.2. The Morgan fingerprint density at radius 2 is 2.11 bits per heavy atom. The lowest BCUT2D eigenvalue weighted by Crippen LogP contribution is -2.43. The van der Waals surface area contributed by atoms with Crippen LogP contribution in [0.4, 0.5) is 15.0 Å². The van der Waals surface area contributed by atoms with Crippen molar-refractivity contribution in [3.63, 3.8) is 0 Å². The smallest absolute Gasteiger partial charge is 0.317 e. The summed E-state index contributed by atoms with van der Waals surface area (Å²) in [6.07, 6.45) is 2.81. The molecule has 1 saturated heterocycles. The zero-order chi connectivity index (χ0) is 19.5. The Kier molecular flexibility index (Phi) is 5.29. The quantitative estimate of drug-likeness (QED) is 0.701. The molecule has 2 amide bonds. The highest BCUT2D eigenvalue weighted by molar-refractivity contribution is 5.85. The van der Waals surface area contributed by atoms with Gasteiger partial charge in [-0.1, -0.05) is 0 Å². The number of carbonyl (C=O) groups is 1. The van der Waals surface area contributed by atoms with Crippen LogP contribution in [0.3, 0.4) is 0 Å². The first-order chi connectivity index (χ1) is 13.7. The summed E-state index contributed by atoms with van der Waals surface area (Å²) >= 11 is 0. The Morgan fingerprint density at radius 1 is 1.21 bits per heavy atom. The third-order valence-electron chi connectivity index (χ3n) is 5.07. The minimum atomic E-state index is -0.299. The third-order valence-corrected chi connectivity index (χ3v) is 5.07. The fourth-order valence-corrected chi connectivity index (χ4v) is 3.67. The number of nitrogens with one attached hydrogen (secondary N) is 1. The lowest BCUT2D eigenvalue weighted by molar-refractivity contribution is 0.181. The second-order valence-electron chi connectivity index (χ2n) is 6.88. The highest BCUT2D eigenvalue weighted by Crippen LogP contribution is 2.26. The maximum Gasteiger partial charge on any atom is 0.317 e. The van der Waals surface area contributed by atoms with Crippen LogP contribution in [0.5, 0.6) is 0 Å². The monoisotopic (exact) mass is 385 g/mol. The van der Waals surface area contributed by atoms with E-state index in [1.807, 2.05) is 27.6 Å². The summed E-state index contributed by atoms with van der Waals surface area (Å²) in [4.78, 5) is 21.1. The zero-order valence-electron chi connectivity index (χ0n) is 15.9. The van der Waals surface area contributed by atoms with Crippen LogP contribution in [0.2, 0.25) is 0 Å². The number of halogens is 1. The number of hydrogen-bond donors (Lipinski definition) is 1. The van der Waals surface area contributed by atoms with Crippen LogP contribution in [0, 0.1) is 5.82 Å². The second-order valence-corrected chi connectivity index (χ2v) is 6.88. The van der Waals surface area contributed by atoms with Gasteiger partial charge in [0, 0.05) is 52.1 Å². The van der Waals surface area contributed by atoms with Crippen molar-refractivity contribution < 1.29 is 13.9 Å². The molecular formula is C20H24FN5O2. The van der Waals surface area contributed by atoms with E-state index in [9.17, 15) is 9.18 Å². The number of nitrogens with zero attached hydrogens (tertiary/aromatic N) is 4. The van der Waals surface area contributed by atoms with Crippen LogP contribution in [0.15, 0.2) is 36.5 Å². The number of amides is 2. The van der Waals surface area contributed by atoms with Crippen LogP contribution in [-0.2, 0) is 4.74 Å². The number of urea groups is 1. The van der Waals surface area contributed by atoms with Crippen LogP contribution in [-0.4, -0.2) is 66.8 Å². The number of hydrogen-bond acceptors (Lipinski definition) is 4. The van der Waals surface area contributed by atoms with Gasteiger partial charge in [0.2, 0.25) is 0 Å². The van der Waals surface area contributed by atoms with E-state index in [4.69, 9.17) is 9.72 Å². The van der Waals surface area contributed by atoms with E-state index in [-0.39, 0.29) is 11.8 Å². The maximum absolute atomic E-state index is 13.7. The average molecular weight is 385 g/mol. The molecule has 0 atom stereocenters. The van der Waals surface area contributed by atoms with Crippen molar-refractivity contribution >= 4 is 28.4 Å². The van der Waals surface area contributed by atoms with Gasteiger partial charge in [0.1, 0.15) is 5.82 Å². The molecule has 4 rings (SSSR count). The van der Waals surface area contributed by atoms with Crippen molar-refractivity contribution in [2.24, 2.45) is 0 Å². The van der Waals surface area contributed by atoms with Crippen molar-refractivity contribution in [2.45, 2.75) is 6.42 Å². The van der Waals surface area contributed by atoms with E-state index in [1.54, 1.807) is 13.2 Å². The van der Waals surface area contributed by atoms with Gasteiger partial charge in [0.15, 0.2) is 5.82 Å². The molecule has 1 aliphatic heterocycles. The number of rotatable bonds is 4. The summed E-state index contributed by atoms with van der Waals surface area (Å²) in [5, 5.41) is 2.87. The Bertz CT molecular complexity index is 989. The van der Waals surface area contributed by atoms with E-state index < -0.39 is 0 Å². The molecule has 28 heavy (non-hydrogen) atoms. The minimum Gasteiger partial charge on any atom is -0.383 e. The molecule has 148 valence electrons. The lowest BCUT2D eigenvalue weighted by Gasteiger charge is -2.24. The summed E-state index contributed by atoms with van der Waals surface area (Å²) < 4.78 is 20.8. The number of methoxy groups -OCH3 is 1. The highest BCUT2D eigenvalue weighted by Gasteiger charge is 2.22. The van der Waals surface area contributed by atoms with Gasteiger partial charge < -0.3 is 24.3 Å². The van der Waals surface area contributed by atoms with E-state index >= 15 is 0 Å². The van der Waals surface area contributed by atoms with E-state index in [0.717, 1.165) is 29.8 Å². The van der Waals surface area contributed by atoms with Gasteiger partial charge in [-0.2, -0.15) is 0 Å². The first-order valence-electron chi connectivity index (χ1n) is 9.50. The predicted octanol–water partition coefficient (Wildman–Crippen LogP) is 2.49. The molecule has 1 aliphatic rings. The van der Waals surface area contributed by atoms with Gasteiger partial charge in [0.25, 0.3) is 0 Å². The van der Waals surface area contributed by atoms with Gasteiger partial charge in [-0.15, -0.1) is 0 Å². The molecule has 1 aromatic carbocycles. The van der Waals surface area contributed by atoms with Crippen molar-refractivity contribution in [1.82, 2.24) is 19.6 Å². The van der Waals surface area contributed by atoms with Gasteiger partial charge >= 0.3 is 6.03 Å². The fourth-order valence-electron chi connectivity index (χ4n) is 3.67. The number of fused-ring (bicyclic) bond motifs is 3. The van der Waals surface area contributed by atoms with Gasteiger partial charge in [-0.05, 0) is 30.7 Å². The van der Waals surface area contributed by atoms with Crippen molar-refractivity contribution in [3.05, 3.63) is 42.3 Å². The molecule has 8 heteroatoms. The summed E-state index contributed by atoms with van der Waals surface area (Å²) in [7, 11) is 1.61. The molecule has 0 aliphatic carbocycles. The van der Waals surface area contributed by atoms with Crippen LogP contribution in [0.1, 0.15) is 6.42 Å². The Labute approximate surface area is 162 Å². The lowest BCUT2D eigenvalue weighted by atomic mass is 10.2. The first kappa shape index (κ1) is 18.5. The molecule has 3 aromatic rings. The predicted molar refractivity (Wildman–Crippen MR) is 106 cm³/mol. The van der Waals surface area contributed by atoms with Crippen molar-refractivity contribution in [3.8, 4) is 0 Å². The summed E-state index contributed by atoms with van der Waals surface area (Å²) in [5.41, 5.74) is 2.48. The van der Waals surface area contributed by atoms with Crippen LogP contribution < -0.4 is 10.2 Å².